The van der Waals surface area contributed by atoms with Crippen LogP contribution in [-0.2, 0) is 6.54 Å². The maximum atomic E-state index is 12.5. The monoisotopic (exact) mass is 340 g/mol. The second-order valence-electron chi connectivity index (χ2n) is 5.48. The minimum Gasteiger partial charge on any atom is -0.343 e. The number of carbonyl (C=O) groups excluding carboxylic acids is 1. The average Bonchev–Trinajstić information content (AvgIpc) is 2.79. The van der Waals surface area contributed by atoms with Crippen LogP contribution in [0.2, 0.25) is 0 Å². The summed E-state index contributed by atoms with van der Waals surface area (Å²) < 4.78 is 2.98. The van der Waals surface area contributed by atoms with Crippen LogP contribution in [0.5, 0.6) is 0 Å². The van der Waals surface area contributed by atoms with Gasteiger partial charge in [-0.1, -0.05) is 0 Å². The Labute approximate surface area is 128 Å². The number of hydrogen-bond donors (Lipinski definition) is 1. The normalized spacial score (nSPS) is 21.0. The van der Waals surface area contributed by atoms with Crippen LogP contribution in [0, 0.1) is 0 Å². The summed E-state index contributed by atoms with van der Waals surface area (Å²) >= 11 is 3.45. The summed E-state index contributed by atoms with van der Waals surface area (Å²) in [6.45, 7) is 8.95. The first-order valence-electron chi connectivity index (χ1n) is 7.28. The van der Waals surface area contributed by atoms with E-state index in [0.717, 1.165) is 56.0 Å². The van der Waals surface area contributed by atoms with Crippen LogP contribution in [0.1, 0.15) is 17.4 Å². The van der Waals surface area contributed by atoms with Crippen LogP contribution in [0.25, 0.3) is 0 Å². The molecule has 0 aromatic carbocycles. The Bertz CT molecular complexity index is 489. The van der Waals surface area contributed by atoms with Crippen molar-refractivity contribution in [2.45, 2.75) is 19.5 Å². The number of carbonyl (C=O) groups is 1. The quantitative estimate of drug-likeness (QED) is 0.892. The molecule has 1 N–H and O–H groups in total. The van der Waals surface area contributed by atoms with Gasteiger partial charge in [0.15, 0.2) is 0 Å². The van der Waals surface area contributed by atoms with E-state index in [1.54, 1.807) is 0 Å². The number of aryl methyl sites for hydroxylation is 1. The third kappa shape index (κ3) is 2.64. The topological polar surface area (TPSA) is 40.5 Å². The van der Waals surface area contributed by atoms with Gasteiger partial charge in [-0.3, -0.25) is 9.69 Å². The van der Waals surface area contributed by atoms with Crippen molar-refractivity contribution < 1.29 is 4.79 Å². The molecule has 20 heavy (non-hydrogen) atoms. The summed E-state index contributed by atoms with van der Waals surface area (Å²) in [6.07, 6.45) is 1.97. The number of rotatable bonds is 3. The van der Waals surface area contributed by atoms with Crippen molar-refractivity contribution in [1.82, 2.24) is 19.7 Å². The van der Waals surface area contributed by atoms with E-state index >= 15 is 0 Å². The van der Waals surface area contributed by atoms with Crippen molar-refractivity contribution in [3.63, 3.8) is 0 Å². The molecule has 2 aliphatic rings. The predicted molar refractivity (Wildman–Crippen MR) is 81.9 cm³/mol. The smallest absolute Gasteiger partial charge is 0.270 e. The highest BCUT2D eigenvalue weighted by atomic mass is 79.9. The van der Waals surface area contributed by atoms with Crippen molar-refractivity contribution in [3.8, 4) is 0 Å². The zero-order chi connectivity index (χ0) is 14.1. The fourth-order valence-electron chi connectivity index (χ4n) is 2.98. The number of piperazine rings is 1. The van der Waals surface area contributed by atoms with Gasteiger partial charge in [-0.25, -0.2) is 0 Å². The maximum Gasteiger partial charge on any atom is 0.270 e. The number of aromatic nitrogens is 1. The molecule has 0 atom stereocenters. The lowest BCUT2D eigenvalue weighted by atomic mass is 10.1. The zero-order valence-electron chi connectivity index (χ0n) is 11.8. The molecule has 0 radical (unpaired) electrons. The van der Waals surface area contributed by atoms with Crippen LogP contribution in [0.15, 0.2) is 16.7 Å². The molecule has 3 heterocycles. The molecule has 1 amide bonds. The molecule has 2 aliphatic heterocycles. The fourth-order valence-corrected chi connectivity index (χ4v) is 3.44. The Morgan fingerprint density at radius 3 is 2.75 bits per heavy atom. The molecule has 2 fully saturated rings. The van der Waals surface area contributed by atoms with Crippen LogP contribution in [0.4, 0.5) is 0 Å². The highest BCUT2D eigenvalue weighted by molar-refractivity contribution is 9.10. The Balaban J connectivity index is 1.60. The summed E-state index contributed by atoms with van der Waals surface area (Å²) in [7, 11) is 0. The van der Waals surface area contributed by atoms with E-state index in [4.69, 9.17) is 0 Å². The maximum absolute atomic E-state index is 12.5. The lowest BCUT2D eigenvalue weighted by Gasteiger charge is -2.46. The molecule has 110 valence electrons. The summed E-state index contributed by atoms with van der Waals surface area (Å²) in [6, 6.07) is 2.47. The Morgan fingerprint density at radius 1 is 1.40 bits per heavy atom. The van der Waals surface area contributed by atoms with E-state index < -0.39 is 0 Å². The largest absolute Gasteiger partial charge is 0.343 e. The minimum atomic E-state index is 0.156. The van der Waals surface area contributed by atoms with Gasteiger partial charge in [0.1, 0.15) is 5.69 Å². The second kappa shape index (κ2) is 5.87. The van der Waals surface area contributed by atoms with E-state index in [2.05, 4.69) is 33.1 Å². The minimum absolute atomic E-state index is 0.156. The lowest BCUT2D eigenvalue weighted by Crippen LogP contribution is -2.64. The Kier molecular flexibility index (Phi) is 4.14. The van der Waals surface area contributed by atoms with Gasteiger partial charge in [0, 0.05) is 62.5 Å². The van der Waals surface area contributed by atoms with Crippen molar-refractivity contribution >= 4 is 21.8 Å². The Hall–Kier alpha value is -0.850. The number of likely N-dealkylation sites (tertiary alicyclic amines) is 1. The molecule has 6 heteroatoms. The highest BCUT2D eigenvalue weighted by Crippen LogP contribution is 2.21. The van der Waals surface area contributed by atoms with Gasteiger partial charge >= 0.3 is 0 Å². The molecule has 0 saturated carbocycles. The number of nitrogens with zero attached hydrogens (tertiary/aromatic N) is 3. The molecule has 0 unspecified atom stereocenters. The number of halogens is 1. The molecule has 0 spiro atoms. The first-order valence-corrected chi connectivity index (χ1v) is 8.08. The molecule has 0 bridgehead atoms. The van der Waals surface area contributed by atoms with E-state index in [-0.39, 0.29) is 5.91 Å². The van der Waals surface area contributed by atoms with Crippen molar-refractivity contribution in [2.24, 2.45) is 0 Å². The first kappa shape index (κ1) is 14.1. The van der Waals surface area contributed by atoms with Crippen LogP contribution >= 0.6 is 15.9 Å². The number of amides is 1. The van der Waals surface area contributed by atoms with Crippen molar-refractivity contribution in [2.75, 3.05) is 39.3 Å². The van der Waals surface area contributed by atoms with Gasteiger partial charge < -0.3 is 14.8 Å². The van der Waals surface area contributed by atoms with Crippen molar-refractivity contribution in [3.05, 3.63) is 22.4 Å². The summed E-state index contributed by atoms with van der Waals surface area (Å²) in [5, 5.41) is 3.36. The molecule has 3 rings (SSSR count). The summed E-state index contributed by atoms with van der Waals surface area (Å²) in [5.41, 5.74) is 0.790. The van der Waals surface area contributed by atoms with Gasteiger partial charge in [-0.05, 0) is 28.9 Å². The van der Waals surface area contributed by atoms with Gasteiger partial charge in [0.05, 0.1) is 0 Å². The Morgan fingerprint density at radius 2 is 2.10 bits per heavy atom. The van der Waals surface area contributed by atoms with Gasteiger partial charge in [0.2, 0.25) is 0 Å². The highest BCUT2D eigenvalue weighted by Gasteiger charge is 2.36. The number of nitrogens with one attached hydrogen (secondary N) is 1. The summed E-state index contributed by atoms with van der Waals surface area (Å²) in [5.74, 6) is 0.156. The first-order chi connectivity index (χ1) is 9.69. The predicted octanol–water partition coefficient (Wildman–Crippen LogP) is 1.00. The average molecular weight is 341 g/mol. The SMILES string of the molecule is CCn1cc(Br)cc1C(=O)N1CC(N2CCNCC2)C1. The third-order valence-electron chi connectivity index (χ3n) is 4.24. The summed E-state index contributed by atoms with van der Waals surface area (Å²) in [4.78, 5) is 17.0. The second-order valence-corrected chi connectivity index (χ2v) is 6.40. The molecule has 1 aromatic heterocycles. The molecule has 1 aromatic rings. The van der Waals surface area contributed by atoms with Gasteiger partial charge in [0.25, 0.3) is 5.91 Å². The van der Waals surface area contributed by atoms with Gasteiger partial charge in [-0.15, -0.1) is 0 Å². The van der Waals surface area contributed by atoms with E-state index in [0.29, 0.717) is 6.04 Å². The van der Waals surface area contributed by atoms with Crippen LogP contribution < -0.4 is 5.32 Å². The van der Waals surface area contributed by atoms with Crippen molar-refractivity contribution in [1.29, 1.82) is 0 Å². The molecule has 0 aliphatic carbocycles. The molecule has 2 saturated heterocycles. The standard InChI is InChI=1S/C14H21BrN4O/c1-2-17-8-11(15)7-13(17)14(20)19-9-12(10-19)18-5-3-16-4-6-18/h7-8,12,16H,2-6,9-10H2,1H3. The van der Waals surface area contributed by atoms with E-state index in [1.165, 1.54) is 0 Å². The lowest BCUT2D eigenvalue weighted by molar-refractivity contribution is 0.0219. The van der Waals surface area contributed by atoms with E-state index in [9.17, 15) is 4.79 Å². The number of hydrogen-bond acceptors (Lipinski definition) is 3. The third-order valence-corrected chi connectivity index (χ3v) is 4.67. The molecule has 5 nitrogen and oxygen atoms in total. The molecular weight excluding hydrogens is 320 g/mol. The molecular formula is C14H21BrN4O. The van der Waals surface area contributed by atoms with Gasteiger partial charge in [-0.2, -0.15) is 0 Å². The zero-order valence-corrected chi connectivity index (χ0v) is 13.4. The van der Waals surface area contributed by atoms with E-state index in [1.807, 2.05) is 21.7 Å². The fraction of sp³-hybridized carbons (Fsp3) is 0.643. The van der Waals surface area contributed by atoms with Crippen LogP contribution in [0.3, 0.4) is 0 Å². The van der Waals surface area contributed by atoms with Crippen LogP contribution in [-0.4, -0.2) is 65.6 Å².